The molecule has 0 aliphatic carbocycles. The molecule has 1 aromatic carbocycles. The van der Waals surface area contributed by atoms with Crippen molar-refractivity contribution in [1.82, 2.24) is 19.9 Å². The number of hydrogen-bond acceptors (Lipinski definition) is 3. The van der Waals surface area contributed by atoms with Crippen LogP contribution in [0.5, 0.6) is 0 Å². The molecule has 1 N–H and O–H groups in total. The molecule has 108 valence electrons. The molecule has 0 radical (unpaired) electrons. The Morgan fingerprint density at radius 3 is 2.57 bits per heavy atom. The molecule has 0 saturated heterocycles. The molecule has 4 nitrogen and oxygen atoms in total. The molecule has 0 aliphatic rings. The normalized spacial score (nSPS) is 12.0. The number of aromatic nitrogens is 3. The van der Waals surface area contributed by atoms with Crippen LogP contribution in [0, 0.1) is 0 Å². The lowest BCUT2D eigenvalue weighted by molar-refractivity contribution is 0.424. The van der Waals surface area contributed by atoms with Crippen molar-refractivity contribution in [3.05, 3.63) is 54.5 Å². The Morgan fingerprint density at radius 2 is 1.86 bits per heavy atom. The molecule has 3 rings (SSSR count). The van der Waals surface area contributed by atoms with E-state index < -0.39 is 0 Å². The van der Waals surface area contributed by atoms with Gasteiger partial charge in [-0.3, -0.25) is 4.57 Å². The second-order valence-corrected chi connectivity index (χ2v) is 6.23. The minimum absolute atomic E-state index is 0.110. The lowest BCUT2D eigenvalue weighted by Gasteiger charge is -2.20. The number of benzene rings is 1. The number of imidazole rings is 1. The highest BCUT2D eigenvalue weighted by Crippen LogP contribution is 2.16. The highest BCUT2D eigenvalue weighted by Gasteiger charge is 2.09. The highest BCUT2D eigenvalue weighted by atomic mass is 15.1. The molecular weight excluding hydrogens is 260 g/mol. The standard InChI is InChI=1S/C17H20N4/c1-17(2,3)20-11-13-8-9-16(18-10-13)21-12-19-14-6-4-5-7-15(14)21/h4-10,12,20H,11H2,1-3H3. The smallest absolute Gasteiger partial charge is 0.138 e. The second kappa shape index (κ2) is 5.30. The largest absolute Gasteiger partial charge is 0.308 e. The number of pyridine rings is 1. The van der Waals surface area contributed by atoms with Crippen LogP contribution in [-0.4, -0.2) is 20.1 Å². The van der Waals surface area contributed by atoms with Gasteiger partial charge in [0.15, 0.2) is 0 Å². The summed E-state index contributed by atoms with van der Waals surface area (Å²) < 4.78 is 2.01. The molecule has 2 aromatic heterocycles. The third-order valence-corrected chi connectivity index (χ3v) is 3.33. The maximum atomic E-state index is 4.55. The second-order valence-electron chi connectivity index (χ2n) is 6.23. The first kappa shape index (κ1) is 13.8. The van der Waals surface area contributed by atoms with Gasteiger partial charge in [-0.2, -0.15) is 0 Å². The third kappa shape index (κ3) is 3.11. The van der Waals surface area contributed by atoms with Gasteiger partial charge in [0, 0.05) is 18.3 Å². The third-order valence-electron chi connectivity index (χ3n) is 3.33. The zero-order valence-corrected chi connectivity index (χ0v) is 12.7. The van der Waals surface area contributed by atoms with E-state index >= 15 is 0 Å². The summed E-state index contributed by atoms with van der Waals surface area (Å²) in [7, 11) is 0. The average Bonchev–Trinajstić information content (AvgIpc) is 2.89. The van der Waals surface area contributed by atoms with Crippen molar-refractivity contribution in [1.29, 1.82) is 0 Å². The van der Waals surface area contributed by atoms with Crippen LogP contribution in [0.15, 0.2) is 48.9 Å². The van der Waals surface area contributed by atoms with Crippen LogP contribution in [0.25, 0.3) is 16.9 Å². The number of para-hydroxylation sites is 2. The predicted molar refractivity (Wildman–Crippen MR) is 85.5 cm³/mol. The van der Waals surface area contributed by atoms with Gasteiger partial charge in [0.1, 0.15) is 12.1 Å². The fraction of sp³-hybridized carbons (Fsp3) is 0.294. The van der Waals surface area contributed by atoms with Crippen LogP contribution < -0.4 is 5.32 Å². The van der Waals surface area contributed by atoms with Gasteiger partial charge in [-0.15, -0.1) is 0 Å². The van der Waals surface area contributed by atoms with Gasteiger partial charge in [-0.05, 0) is 44.5 Å². The summed E-state index contributed by atoms with van der Waals surface area (Å²) in [6, 6.07) is 12.2. The van der Waals surface area contributed by atoms with Gasteiger partial charge in [0.25, 0.3) is 0 Å². The van der Waals surface area contributed by atoms with Crippen LogP contribution in [-0.2, 0) is 6.54 Å². The molecule has 0 saturated carbocycles. The van der Waals surface area contributed by atoms with E-state index in [-0.39, 0.29) is 5.54 Å². The number of nitrogens with zero attached hydrogens (tertiary/aromatic N) is 3. The van der Waals surface area contributed by atoms with Crippen molar-refractivity contribution < 1.29 is 0 Å². The van der Waals surface area contributed by atoms with Crippen LogP contribution >= 0.6 is 0 Å². The van der Waals surface area contributed by atoms with E-state index in [1.165, 1.54) is 5.56 Å². The Hall–Kier alpha value is -2.20. The topological polar surface area (TPSA) is 42.7 Å². The van der Waals surface area contributed by atoms with Crippen molar-refractivity contribution in [3.8, 4) is 5.82 Å². The maximum absolute atomic E-state index is 4.55. The van der Waals surface area contributed by atoms with Gasteiger partial charge in [0.2, 0.25) is 0 Å². The zero-order valence-electron chi connectivity index (χ0n) is 12.7. The Kier molecular flexibility index (Phi) is 3.47. The van der Waals surface area contributed by atoms with Gasteiger partial charge < -0.3 is 5.32 Å². The SMILES string of the molecule is CC(C)(C)NCc1ccc(-n2cnc3ccccc32)nc1. The maximum Gasteiger partial charge on any atom is 0.138 e. The fourth-order valence-corrected chi connectivity index (χ4v) is 2.17. The van der Waals surface area contributed by atoms with Crippen LogP contribution in [0.1, 0.15) is 26.3 Å². The van der Waals surface area contributed by atoms with E-state index in [0.29, 0.717) is 0 Å². The Labute approximate surface area is 124 Å². The van der Waals surface area contributed by atoms with E-state index in [0.717, 1.165) is 23.4 Å². The molecular formula is C17H20N4. The summed E-state index contributed by atoms with van der Waals surface area (Å²) in [5.41, 5.74) is 3.35. The van der Waals surface area contributed by atoms with Crippen molar-refractivity contribution >= 4 is 11.0 Å². The predicted octanol–water partition coefficient (Wildman–Crippen LogP) is 3.31. The highest BCUT2D eigenvalue weighted by molar-refractivity contribution is 5.76. The number of hydrogen-bond donors (Lipinski definition) is 1. The van der Waals surface area contributed by atoms with Gasteiger partial charge in [-0.1, -0.05) is 18.2 Å². The molecule has 4 heteroatoms. The minimum Gasteiger partial charge on any atom is -0.308 e. The van der Waals surface area contributed by atoms with Crippen molar-refractivity contribution in [3.63, 3.8) is 0 Å². The Bertz CT molecular complexity index is 735. The molecule has 0 bridgehead atoms. The quantitative estimate of drug-likeness (QED) is 0.800. The molecule has 0 amide bonds. The van der Waals surface area contributed by atoms with Gasteiger partial charge in [0.05, 0.1) is 11.0 Å². The number of rotatable bonds is 3. The summed E-state index contributed by atoms with van der Waals surface area (Å²) in [6.45, 7) is 7.30. The summed E-state index contributed by atoms with van der Waals surface area (Å²) in [5, 5.41) is 3.46. The Morgan fingerprint density at radius 1 is 1.05 bits per heavy atom. The van der Waals surface area contributed by atoms with Crippen LogP contribution in [0.4, 0.5) is 0 Å². The van der Waals surface area contributed by atoms with E-state index in [1.807, 2.05) is 41.4 Å². The first-order chi connectivity index (χ1) is 10.0. The summed E-state index contributed by atoms with van der Waals surface area (Å²) in [6.07, 6.45) is 3.74. The molecule has 0 aliphatic heterocycles. The van der Waals surface area contributed by atoms with Crippen molar-refractivity contribution in [2.45, 2.75) is 32.9 Å². The molecule has 0 spiro atoms. The molecule has 0 unspecified atom stereocenters. The average molecular weight is 280 g/mol. The molecule has 3 aromatic rings. The van der Waals surface area contributed by atoms with Crippen LogP contribution in [0.2, 0.25) is 0 Å². The zero-order chi connectivity index (χ0) is 14.9. The monoisotopic (exact) mass is 280 g/mol. The lowest BCUT2D eigenvalue weighted by Crippen LogP contribution is -2.35. The molecule has 2 heterocycles. The Balaban J connectivity index is 1.84. The van der Waals surface area contributed by atoms with E-state index in [4.69, 9.17) is 0 Å². The van der Waals surface area contributed by atoms with E-state index in [9.17, 15) is 0 Å². The van der Waals surface area contributed by atoms with Gasteiger partial charge in [-0.25, -0.2) is 9.97 Å². The van der Waals surface area contributed by atoms with E-state index in [2.05, 4.69) is 48.2 Å². The fourth-order valence-electron chi connectivity index (χ4n) is 2.17. The van der Waals surface area contributed by atoms with Crippen molar-refractivity contribution in [2.75, 3.05) is 0 Å². The lowest BCUT2D eigenvalue weighted by atomic mass is 10.1. The molecule has 21 heavy (non-hydrogen) atoms. The van der Waals surface area contributed by atoms with Gasteiger partial charge >= 0.3 is 0 Å². The van der Waals surface area contributed by atoms with Crippen molar-refractivity contribution in [2.24, 2.45) is 0 Å². The minimum atomic E-state index is 0.110. The molecule has 0 atom stereocenters. The first-order valence-electron chi connectivity index (χ1n) is 7.15. The summed E-state index contributed by atoms with van der Waals surface area (Å²) in [4.78, 5) is 8.95. The van der Waals surface area contributed by atoms with Crippen LogP contribution in [0.3, 0.4) is 0 Å². The summed E-state index contributed by atoms with van der Waals surface area (Å²) in [5.74, 6) is 0.892. The molecule has 0 fully saturated rings. The number of nitrogens with one attached hydrogen (secondary N) is 1. The summed E-state index contributed by atoms with van der Waals surface area (Å²) >= 11 is 0. The first-order valence-corrected chi connectivity index (χ1v) is 7.15. The van der Waals surface area contributed by atoms with E-state index in [1.54, 1.807) is 0 Å². The number of fused-ring (bicyclic) bond motifs is 1.